The summed E-state index contributed by atoms with van der Waals surface area (Å²) in [4.78, 5) is 6.29. The molecule has 0 bridgehead atoms. The smallest absolute Gasteiger partial charge is 0.135 e. The highest BCUT2D eigenvalue weighted by molar-refractivity contribution is 5.63. The van der Waals surface area contributed by atoms with Crippen LogP contribution in [0, 0.1) is 11.6 Å². The van der Waals surface area contributed by atoms with Gasteiger partial charge in [0.25, 0.3) is 0 Å². The van der Waals surface area contributed by atoms with Gasteiger partial charge in [-0.3, -0.25) is 15.0 Å². The van der Waals surface area contributed by atoms with Gasteiger partial charge in [-0.1, -0.05) is 6.07 Å². The van der Waals surface area contributed by atoms with Crippen molar-refractivity contribution in [2.45, 2.75) is 25.0 Å². The first-order valence-electron chi connectivity index (χ1n) is 8.88. The van der Waals surface area contributed by atoms with E-state index in [2.05, 4.69) is 20.1 Å². The first-order chi connectivity index (χ1) is 13.0. The van der Waals surface area contributed by atoms with Crippen molar-refractivity contribution >= 4 is 0 Å². The van der Waals surface area contributed by atoms with E-state index in [1.54, 1.807) is 18.6 Å². The Hall–Kier alpha value is -2.64. The molecule has 27 heavy (non-hydrogen) atoms. The van der Waals surface area contributed by atoms with E-state index in [1.807, 2.05) is 12.1 Å². The average molecular weight is 370 g/mol. The maximum atomic E-state index is 14.1. The van der Waals surface area contributed by atoms with Crippen LogP contribution in [0.5, 0.6) is 0 Å². The molecule has 3 aromatic rings. The number of hydrogen-bond acceptors (Lipinski definition) is 4. The number of halogens is 2. The molecule has 1 aromatic carbocycles. The van der Waals surface area contributed by atoms with Crippen LogP contribution >= 0.6 is 0 Å². The number of aromatic amines is 1. The average Bonchev–Trinajstić information content (AvgIpc) is 3.12. The molecule has 1 aliphatic rings. The summed E-state index contributed by atoms with van der Waals surface area (Å²) in [6, 6.07) is 7.24. The van der Waals surface area contributed by atoms with Crippen LogP contribution in [0.2, 0.25) is 0 Å². The van der Waals surface area contributed by atoms with Gasteiger partial charge >= 0.3 is 0 Å². The van der Waals surface area contributed by atoms with Crippen molar-refractivity contribution in [3.8, 4) is 11.3 Å². The van der Waals surface area contributed by atoms with Gasteiger partial charge < -0.3 is 5.11 Å². The molecule has 5 nitrogen and oxygen atoms in total. The summed E-state index contributed by atoms with van der Waals surface area (Å²) in [5, 5.41) is 17.8. The number of aliphatic hydroxyl groups is 1. The Morgan fingerprint density at radius 2 is 1.96 bits per heavy atom. The lowest BCUT2D eigenvalue weighted by molar-refractivity contribution is -0.0279. The summed E-state index contributed by atoms with van der Waals surface area (Å²) < 4.78 is 27.3. The molecule has 140 valence electrons. The van der Waals surface area contributed by atoms with Gasteiger partial charge in [0.15, 0.2) is 0 Å². The van der Waals surface area contributed by atoms with Crippen molar-refractivity contribution in [1.82, 2.24) is 20.1 Å². The van der Waals surface area contributed by atoms with Gasteiger partial charge in [-0.15, -0.1) is 0 Å². The molecule has 2 aromatic heterocycles. The number of benzene rings is 1. The van der Waals surface area contributed by atoms with Crippen LogP contribution in [0.25, 0.3) is 11.3 Å². The second-order valence-electron chi connectivity index (χ2n) is 6.94. The minimum atomic E-state index is -0.868. The summed E-state index contributed by atoms with van der Waals surface area (Å²) in [7, 11) is 0. The van der Waals surface area contributed by atoms with Crippen LogP contribution in [-0.4, -0.2) is 38.3 Å². The summed E-state index contributed by atoms with van der Waals surface area (Å²) in [5.74, 6) is -1.23. The second kappa shape index (κ2) is 7.17. The van der Waals surface area contributed by atoms with Crippen LogP contribution in [0.4, 0.5) is 8.78 Å². The lowest BCUT2D eigenvalue weighted by Gasteiger charge is -2.38. The molecule has 7 heteroatoms. The fourth-order valence-electron chi connectivity index (χ4n) is 3.61. The predicted octanol–water partition coefficient (Wildman–Crippen LogP) is 3.23. The number of piperidine rings is 1. The van der Waals surface area contributed by atoms with Gasteiger partial charge in [-0.05, 0) is 31.0 Å². The zero-order valence-corrected chi connectivity index (χ0v) is 14.7. The van der Waals surface area contributed by atoms with Crippen LogP contribution in [0.3, 0.4) is 0 Å². The quantitative estimate of drug-likeness (QED) is 0.740. The third kappa shape index (κ3) is 3.61. The Morgan fingerprint density at radius 3 is 2.67 bits per heavy atom. The fraction of sp³-hybridized carbons (Fsp3) is 0.300. The monoisotopic (exact) mass is 370 g/mol. The number of hydrogen-bond donors (Lipinski definition) is 2. The molecule has 0 spiro atoms. The van der Waals surface area contributed by atoms with Gasteiger partial charge in [0.05, 0.1) is 17.5 Å². The number of aromatic nitrogens is 3. The van der Waals surface area contributed by atoms with Gasteiger partial charge in [-0.25, -0.2) is 8.78 Å². The molecule has 0 radical (unpaired) electrons. The summed E-state index contributed by atoms with van der Waals surface area (Å²) in [6.07, 6.45) is 6.26. The van der Waals surface area contributed by atoms with Crippen LogP contribution < -0.4 is 0 Å². The Balaban J connectivity index is 1.47. The predicted molar refractivity (Wildman–Crippen MR) is 96.6 cm³/mol. The van der Waals surface area contributed by atoms with Gasteiger partial charge in [0, 0.05) is 54.8 Å². The molecule has 1 fully saturated rings. The Bertz CT molecular complexity index is 921. The van der Waals surface area contributed by atoms with Crippen molar-refractivity contribution in [3.05, 3.63) is 71.7 Å². The molecule has 2 N–H and O–H groups in total. The van der Waals surface area contributed by atoms with Crippen molar-refractivity contribution in [3.63, 3.8) is 0 Å². The largest absolute Gasteiger partial charge is 0.385 e. The van der Waals surface area contributed by atoms with E-state index >= 15 is 0 Å². The topological polar surface area (TPSA) is 65.0 Å². The molecular weight excluding hydrogens is 350 g/mol. The van der Waals surface area contributed by atoms with E-state index in [9.17, 15) is 13.9 Å². The number of H-pyrrole nitrogens is 1. The van der Waals surface area contributed by atoms with Crippen LogP contribution in [0.1, 0.15) is 24.0 Å². The standard InChI is InChI=1S/C20H20F2N4O/c21-16-3-4-17(18(22)10-16)19-14(11-24-25-19)13-26-8-5-20(27,6-9-26)15-2-1-7-23-12-15/h1-4,7,10-12,27H,5-6,8-9,13H2,(H,24,25). The molecule has 0 unspecified atom stereocenters. The maximum absolute atomic E-state index is 14.1. The maximum Gasteiger partial charge on any atom is 0.135 e. The number of likely N-dealkylation sites (tertiary alicyclic amines) is 1. The highest BCUT2D eigenvalue weighted by Gasteiger charge is 2.34. The summed E-state index contributed by atoms with van der Waals surface area (Å²) in [6.45, 7) is 1.97. The molecule has 0 atom stereocenters. The minimum Gasteiger partial charge on any atom is -0.385 e. The number of pyridine rings is 1. The second-order valence-corrected chi connectivity index (χ2v) is 6.94. The molecule has 3 heterocycles. The zero-order chi connectivity index (χ0) is 18.9. The lowest BCUT2D eigenvalue weighted by Crippen LogP contribution is -2.42. The number of rotatable bonds is 4. The van der Waals surface area contributed by atoms with Crippen LogP contribution in [0.15, 0.2) is 48.9 Å². The number of nitrogens with zero attached hydrogens (tertiary/aromatic N) is 3. The molecule has 1 aliphatic heterocycles. The van der Waals surface area contributed by atoms with E-state index in [0.29, 0.717) is 43.7 Å². The zero-order valence-electron chi connectivity index (χ0n) is 14.7. The molecule has 0 aliphatic carbocycles. The first kappa shape index (κ1) is 17.8. The van der Waals surface area contributed by atoms with E-state index < -0.39 is 17.2 Å². The summed E-state index contributed by atoms with van der Waals surface area (Å²) in [5.41, 5.74) is 1.66. The summed E-state index contributed by atoms with van der Waals surface area (Å²) >= 11 is 0. The van der Waals surface area contributed by atoms with E-state index in [0.717, 1.165) is 17.2 Å². The fourth-order valence-corrected chi connectivity index (χ4v) is 3.61. The molecule has 0 amide bonds. The Morgan fingerprint density at radius 1 is 1.15 bits per heavy atom. The highest BCUT2D eigenvalue weighted by atomic mass is 19.1. The van der Waals surface area contributed by atoms with Crippen molar-refractivity contribution in [2.75, 3.05) is 13.1 Å². The van der Waals surface area contributed by atoms with E-state index in [-0.39, 0.29) is 0 Å². The van der Waals surface area contributed by atoms with Gasteiger partial charge in [0.1, 0.15) is 11.6 Å². The molecule has 4 rings (SSSR count). The van der Waals surface area contributed by atoms with Gasteiger partial charge in [0.2, 0.25) is 0 Å². The third-order valence-electron chi connectivity index (χ3n) is 5.19. The van der Waals surface area contributed by atoms with E-state index in [1.165, 1.54) is 12.1 Å². The molecule has 0 saturated carbocycles. The highest BCUT2D eigenvalue weighted by Crippen LogP contribution is 2.33. The molecular formula is C20H20F2N4O. The first-order valence-corrected chi connectivity index (χ1v) is 8.88. The Kier molecular flexibility index (Phi) is 4.72. The minimum absolute atomic E-state index is 0.299. The van der Waals surface area contributed by atoms with Crippen LogP contribution in [-0.2, 0) is 12.1 Å². The van der Waals surface area contributed by atoms with Crippen molar-refractivity contribution in [1.29, 1.82) is 0 Å². The van der Waals surface area contributed by atoms with Crippen molar-refractivity contribution in [2.24, 2.45) is 0 Å². The van der Waals surface area contributed by atoms with Gasteiger partial charge in [-0.2, -0.15) is 5.10 Å². The molecule has 1 saturated heterocycles. The lowest BCUT2D eigenvalue weighted by atomic mass is 9.85. The Labute approximate surface area is 155 Å². The number of nitrogens with one attached hydrogen (secondary N) is 1. The van der Waals surface area contributed by atoms with E-state index in [4.69, 9.17) is 0 Å². The SMILES string of the molecule is OC1(c2cccnc2)CCN(Cc2cn[nH]c2-c2ccc(F)cc2F)CC1. The van der Waals surface area contributed by atoms with Crippen molar-refractivity contribution < 1.29 is 13.9 Å². The normalized spacial score (nSPS) is 17.1. The third-order valence-corrected chi connectivity index (χ3v) is 5.19.